The van der Waals surface area contributed by atoms with Gasteiger partial charge in [0.25, 0.3) is 0 Å². The highest BCUT2D eigenvalue weighted by molar-refractivity contribution is 7.10. The Hall–Kier alpha value is -0.420. The summed E-state index contributed by atoms with van der Waals surface area (Å²) < 4.78 is 5.77. The van der Waals surface area contributed by atoms with Gasteiger partial charge < -0.3 is 4.74 Å². The number of methoxy groups -OCH3 is 1. The molecule has 2 atom stereocenters. The van der Waals surface area contributed by atoms with Crippen LogP contribution in [0.15, 0.2) is 11.4 Å². The Balaban J connectivity index is 2.12. The summed E-state index contributed by atoms with van der Waals surface area (Å²) in [6, 6.07) is 2.33. The van der Waals surface area contributed by atoms with Crippen molar-refractivity contribution in [3.8, 4) is 0 Å². The highest BCUT2D eigenvalue weighted by Crippen LogP contribution is 2.34. The fraction of sp³-hybridized carbons (Fsp3) is 0.714. The zero-order valence-electron chi connectivity index (χ0n) is 11.3. The third kappa shape index (κ3) is 3.12. The Labute approximate surface area is 114 Å². The van der Waals surface area contributed by atoms with E-state index in [0.29, 0.717) is 5.92 Å². The van der Waals surface area contributed by atoms with Crippen LogP contribution in [0, 0.1) is 12.8 Å². The molecule has 1 fully saturated rings. The van der Waals surface area contributed by atoms with Crippen molar-refractivity contribution >= 4 is 11.3 Å². The smallest absolute Gasteiger partial charge is 0.0807 e. The zero-order chi connectivity index (χ0) is 13.0. The first kappa shape index (κ1) is 14.0. The molecule has 1 aliphatic carbocycles. The van der Waals surface area contributed by atoms with Crippen molar-refractivity contribution in [2.75, 3.05) is 7.11 Å². The van der Waals surface area contributed by atoms with Gasteiger partial charge >= 0.3 is 0 Å². The average Bonchev–Trinajstić information content (AvgIpc) is 2.83. The van der Waals surface area contributed by atoms with E-state index in [4.69, 9.17) is 10.6 Å². The van der Waals surface area contributed by atoms with Crippen LogP contribution < -0.4 is 11.3 Å². The number of hydrazine groups is 1. The molecule has 0 aromatic carbocycles. The van der Waals surface area contributed by atoms with Crippen LogP contribution in [0.25, 0.3) is 0 Å². The van der Waals surface area contributed by atoms with Crippen molar-refractivity contribution in [3.63, 3.8) is 0 Å². The molecule has 1 aromatic heterocycles. The number of hydrogen-bond donors (Lipinski definition) is 2. The summed E-state index contributed by atoms with van der Waals surface area (Å²) in [5.41, 5.74) is 4.22. The Morgan fingerprint density at radius 1 is 1.39 bits per heavy atom. The Kier molecular flexibility index (Phi) is 5.18. The van der Waals surface area contributed by atoms with Crippen LogP contribution in [0.2, 0.25) is 0 Å². The molecule has 0 bridgehead atoms. The number of rotatable bonds is 5. The van der Waals surface area contributed by atoms with E-state index in [2.05, 4.69) is 23.8 Å². The van der Waals surface area contributed by atoms with Gasteiger partial charge in [-0.25, -0.2) is 0 Å². The maximum atomic E-state index is 5.77. The van der Waals surface area contributed by atoms with Crippen molar-refractivity contribution in [1.82, 2.24) is 5.43 Å². The molecule has 3 N–H and O–H groups in total. The number of nitrogens with one attached hydrogen (secondary N) is 1. The average molecular weight is 268 g/mol. The molecule has 3 nitrogen and oxygen atoms in total. The molecule has 2 rings (SSSR count). The third-order valence-corrected chi connectivity index (χ3v) is 4.88. The molecular formula is C14H24N2OS. The van der Waals surface area contributed by atoms with Crippen molar-refractivity contribution in [2.45, 2.75) is 51.2 Å². The molecule has 18 heavy (non-hydrogen) atoms. The fourth-order valence-corrected chi connectivity index (χ4v) is 3.81. The van der Waals surface area contributed by atoms with Crippen LogP contribution in [-0.4, -0.2) is 13.2 Å². The minimum Gasteiger partial charge on any atom is -0.379 e. The van der Waals surface area contributed by atoms with Crippen LogP contribution in [0.4, 0.5) is 0 Å². The number of hydrogen-bond acceptors (Lipinski definition) is 4. The number of nitrogens with two attached hydrogens (primary N) is 1. The first-order valence-electron chi connectivity index (χ1n) is 6.80. The molecular weight excluding hydrogens is 244 g/mol. The van der Waals surface area contributed by atoms with E-state index in [0.717, 1.165) is 0 Å². The van der Waals surface area contributed by atoms with Crippen molar-refractivity contribution in [3.05, 3.63) is 21.9 Å². The Morgan fingerprint density at radius 2 is 2.11 bits per heavy atom. The minimum absolute atomic E-state index is 0.114. The maximum Gasteiger partial charge on any atom is 0.0807 e. The lowest BCUT2D eigenvalue weighted by Gasteiger charge is -2.34. The first-order chi connectivity index (χ1) is 8.76. The lowest BCUT2D eigenvalue weighted by atomic mass is 9.81. The van der Waals surface area contributed by atoms with Crippen molar-refractivity contribution < 1.29 is 4.74 Å². The normalized spacial score (nSPS) is 20.8. The lowest BCUT2D eigenvalue weighted by Crippen LogP contribution is -2.41. The van der Waals surface area contributed by atoms with Crippen molar-refractivity contribution in [2.24, 2.45) is 11.8 Å². The van der Waals surface area contributed by atoms with Crippen molar-refractivity contribution in [1.29, 1.82) is 0 Å². The maximum absolute atomic E-state index is 5.77. The van der Waals surface area contributed by atoms with Gasteiger partial charge in [-0.1, -0.05) is 19.3 Å². The largest absolute Gasteiger partial charge is 0.379 e. The van der Waals surface area contributed by atoms with E-state index in [1.54, 1.807) is 11.3 Å². The van der Waals surface area contributed by atoms with Gasteiger partial charge in [0.05, 0.1) is 12.1 Å². The van der Waals surface area contributed by atoms with Crippen LogP contribution in [0.5, 0.6) is 0 Å². The van der Waals surface area contributed by atoms with E-state index < -0.39 is 0 Å². The summed E-state index contributed by atoms with van der Waals surface area (Å²) in [6.45, 7) is 2.13. The second kappa shape index (κ2) is 6.66. The second-order valence-corrected chi connectivity index (χ2v) is 6.35. The quantitative estimate of drug-likeness (QED) is 0.637. The van der Waals surface area contributed by atoms with E-state index in [9.17, 15) is 0 Å². The molecule has 2 unspecified atom stereocenters. The predicted octanol–water partition coefficient (Wildman–Crippen LogP) is 3.16. The summed E-state index contributed by atoms with van der Waals surface area (Å²) in [4.78, 5) is 1.32. The van der Waals surface area contributed by atoms with Crippen LogP contribution in [0.1, 0.15) is 48.6 Å². The Morgan fingerprint density at radius 3 is 2.61 bits per heavy atom. The van der Waals surface area contributed by atoms with Gasteiger partial charge in [-0.15, -0.1) is 11.3 Å². The lowest BCUT2D eigenvalue weighted by molar-refractivity contribution is 0.00759. The molecule has 4 heteroatoms. The topological polar surface area (TPSA) is 47.3 Å². The molecule has 0 saturated heterocycles. The van der Waals surface area contributed by atoms with Crippen LogP contribution in [0.3, 0.4) is 0 Å². The molecule has 0 spiro atoms. The monoisotopic (exact) mass is 268 g/mol. The van der Waals surface area contributed by atoms with Gasteiger partial charge in [-0.3, -0.25) is 11.3 Å². The van der Waals surface area contributed by atoms with Gasteiger partial charge in [0.15, 0.2) is 0 Å². The second-order valence-electron chi connectivity index (χ2n) is 5.23. The molecule has 1 aliphatic rings. The molecule has 0 aliphatic heterocycles. The van der Waals surface area contributed by atoms with Gasteiger partial charge in [0.2, 0.25) is 0 Å². The van der Waals surface area contributed by atoms with E-state index >= 15 is 0 Å². The minimum atomic E-state index is 0.114. The summed E-state index contributed by atoms with van der Waals surface area (Å²) in [6.07, 6.45) is 6.73. The van der Waals surface area contributed by atoms with Crippen LogP contribution >= 0.6 is 11.3 Å². The van der Waals surface area contributed by atoms with Gasteiger partial charge in [0.1, 0.15) is 0 Å². The van der Waals surface area contributed by atoms with E-state index in [1.165, 1.54) is 42.5 Å². The number of aryl methyl sites for hydroxylation is 1. The van der Waals surface area contributed by atoms with Gasteiger partial charge in [-0.05, 0) is 42.7 Å². The molecule has 1 saturated carbocycles. The third-order valence-electron chi connectivity index (χ3n) is 4.00. The fourth-order valence-electron chi connectivity index (χ4n) is 3.07. The number of thiophene rings is 1. The summed E-state index contributed by atoms with van der Waals surface area (Å²) in [5.74, 6) is 6.40. The standard InChI is InChI=1S/C14H24N2OS/c1-10-8-12(9-18-10)13(16-15)14(17-2)11-6-4-3-5-7-11/h8-9,11,13-14,16H,3-7,15H2,1-2H3. The predicted molar refractivity (Wildman–Crippen MR) is 76.5 cm³/mol. The first-order valence-corrected chi connectivity index (χ1v) is 7.68. The molecule has 0 radical (unpaired) electrons. The molecule has 1 aromatic rings. The summed E-state index contributed by atoms with van der Waals surface area (Å²) >= 11 is 1.77. The van der Waals surface area contributed by atoms with E-state index in [1.807, 2.05) is 7.11 Å². The zero-order valence-corrected chi connectivity index (χ0v) is 12.1. The summed E-state index contributed by atoms with van der Waals surface area (Å²) in [5, 5.41) is 2.19. The van der Waals surface area contributed by atoms with Gasteiger partial charge in [0, 0.05) is 12.0 Å². The van der Waals surface area contributed by atoms with Crippen LogP contribution in [-0.2, 0) is 4.74 Å². The Bertz CT molecular complexity index is 360. The van der Waals surface area contributed by atoms with E-state index in [-0.39, 0.29) is 12.1 Å². The molecule has 1 heterocycles. The SMILES string of the molecule is COC(C1CCCCC1)C(NN)c1csc(C)c1. The highest BCUT2D eigenvalue weighted by Gasteiger charge is 2.31. The van der Waals surface area contributed by atoms with Gasteiger partial charge in [-0.2, -0.15) is 0 Å². The highest BCUT2D eigenvalue weighted by atomic mass is 32.1. The number of ether oxygens (including phenoxy) is 1. The molecule has 0 amide bonds. The summed E-state index contributed by atoms with van der Waals surface area (Å²) in [7, 11) is 1.81. The molecule has 102 valence electrons.